The first-order valence-corrected chi connectivity index (χ1v) is 10.7. The van der Waals surface area contributed by atoms with Gasteiger partial charge in [-0.3, -0.25) is 0 Å². The van der Waals surface area contributed by atoms with E-state index in [2.05, 4.69) is 38.2 Å². The number of aromatic nitrogens is 4. The average molecular weight is 416 g/mol. The fourth-order valence-corrected chi connectivity index (χ4v) is 3.96. The van der Waals surface area contributed by atoms with Gasteiger partial charge in [-0.15, -0.1) is 0 Å². The van der Waals surface area contributed by atoms with Crippen molar-refractivity contribution >= 4 is 17.5 Å². The van der Waals surface area contributed by atoms with Gasteiger partial charge in [-0.25, -0.2) is 9.97 Å². The first-order valence-electron chi connectivity index (χ1n) is 10.7. The van der Waals surface area contributed by atoms with E-state index in [1.54, 1.807) is 12.5 Å². The van der Waals surface area contributed by atoms with Crippen LogP contribution in [0.1, 0.15) is 37.4 Å². The van der Waals surface area contributed by atoms with Gasteiger partial charge in [0.05, 0.1) is 35.5 Å². The van der Waals surface area contributed by atoms with Gasteiger partial charge < -0.3 is 19.5 Å². The van der Waals surface area contributed by atoms with E-state index in [0.717, 1.165) is 35.2 Å². The van der Waals surface area contributed by atoms with Crippen molar-refractivity contribution in [1.82, 2.24) is 19.5 Å². The van der Waals surface area contributed by atoms with Crippen LogP contribution in [-0.2, 0) is 6.42 Å². The first-order chi connectivity index (χ1) is 15.1. The second kappa shape index (κ2) is 7.91. The summed E-state index contributed by atoms with van der Waals surface area (Å²) >= 11 is 0. The Morgan fingerprint density at radius 2 is 2.16 bits per heavy atom. The number of imidazole rings is 1. The SMILES string of the molecule is CC1COc2cnc(Nc3ccc(-n4cnc(CC5CCC5)c4)c(C#N)c3)nc2N1C. The van der Waals surface area contributed by atoms with Crippen LogP contribution in [0, 0.1) is 17.2 Å². The number of hydrogen-bond acceptors (Lipinski definition) is 7. The monoisotopic (exact) mass is 415 g/mol. The summed E-state index contributed by atoms with van der Waals surface area (Å²) in [5, 5.41) is 12.9. The Kier molecular flexibility index (Phi) is 4.94. The zero-order valence-electron chi connectivity index (χ0n) is 17.7. The summed E-state index contributed by atoms with van der Waals surface area (Å²) in [5.41, 5.74) is 3.21. The number of anilines is 3. The minimum absolute atomic E-state index is 0.240. The van der Waals surface area contributed by atoms with Crippen LogP contribution in [0.3, 0.4) is 0 Å². The second-order valence-electron chi connectivity index (χ2n) is 8.39. The summed E-state index contributed by atoms with van der Waals surface area (Å²) < 4.78 is 7.63. The maximum absolute atomic E-state index is 9.73. The van der Waals surface area contributed by atoms with Crippen LogP contribution in [0.5, 0.6) is 5.75 Å². The predicted octanol–water partition coefficient (Wildman–Crippen LogP) is 3.84. The molecule has 0 bridgehead atoms. The number of fused-ring (bicyclic) bond motifs is 1. The fourth-order valence-electron chi connectivity index (χ4n) is 3.96. The highest BCUT2D eigenvalue weighted by molar-refractivity contribution is 5.64. The van der Waals surface area contributed by atoms with Crippen LogP contribution < -0.4 is 15.0 Å². The van der Waals surface area contributed by atoms with Crippen molar-refractivity contribution < 1.29 is 4.74 Å². The lowest BCUT2D eigenvalue weighted by molar-refractivity contribution is 0.271. The standard InChI is InChI=1S/C23H25N7O/c1-15-13-31-21-11-25-23(28-22(21)29(15)2)27-18-6-7-20(17(9-18)10-24)30-12-19(26-14-30)8-16-4-3-5-16/h6-7,9,11-12,14-16H,3-5,8,13H2,1-2H3,(H,25,27,28). The molecule has 2 aromatic heterocycles. The number of nitrogens with zero attached hydrogens (tertiary/aromatic N) is 6. The van der Waals surface area contributed by atoms with Crippen molar-refractivity contribution in [3.05, 3.63) is 48.2 Å². The largest absolute Gasteiger partial charge is 0.486 e. The third-order valence-electron chi connectivity index (χ3n) is 6.22. The second-order valence-corrected chi connectivity index (χ2v) is 8.39. The molecule has 2 aliphatic rings. The quantitative estimate of drug-likeness (QED) is 0.677. The number of ether oxygens (including phenoxy) is 1. The third kappa shape index (κ3) is 3.79. The molecule has 1 fully saturated rings. The first kappa shape index (κ1) is 19.4. The van der Waals surface area contributed by atoms with E-state index < -0.39 is 0 Å². The molecular formula is C23H25N7O. The van der Waals surface area contributed by atoms with Crippen LogP contribution in [0.15, 0.2) is 36.9 Å². The van der Waals surface area contributed by atoms with Crippen molar-refractivity contribution in [1.29, 1.82) is 5.26 Å². The van der Waals surface area contributed by atoms with E-state index in [4.69, 9.17) is 4.74 Å². The Labute approximate surface area is 181 Å². The van der Waals surface area contributed by atoms with Gasteiger partial charge in [-0.1, -0.05) is 19.3 Å². The smallest absolute Gasteiger partial charge is 0.229 e. The van der Waals surface area contributed by atoms with E-state index in [9.17, 15) is 5.26 Å². The van der Waals surface area contributed by atoms with Gasteiger partial charge in [-0.2, -0.15) is 10.2 Å². The van der Waals surface area contributed by atoms with Crippen LogP contribution in [0.4, 0.5) is 17.5 Å². The predicted molar refractivity (Wildman–Crippen MR) is 118 cm³/mol. The number of nitriles is 1. The van der Waals surface area contributed by atoms with Crippen molar-refractivity contribution in [2.45, 2.75) is 38.6 Å². The Bertz CT molecular complexity index is 1150. The van der Waals surface area contributed by atoms with Crippen molar-refractivity contribution in [3.63, 3.8) is 0 Å². The van der Waals surface area contributed by atoms with Crippen LogP contribution in [0.2, 0.25) is 0 Å². The lowest BCUT2D eigenvalue weighted by atomic mass is 9.82. The van der Waals surface area contributed by atoms with Gasteiger partial charge in [0.25, 0.3) is 0 Å². The minimum Gasteiger partial charge on any atom is -0.486 e. The van der Waals surface area contributed by atoms with Gasteiger partial charge in [0, 0.05) is 18.9 Å². The molecule has 1 N–H and O–H groups in total. The molecule has 31 heavy (non-hydrogen) atoms. The van der Waals surface area contributed by atoms with Crippen molar-refractivity contribution in [2.75, 3.05) is 23.9 Å². The van der Waals surface area contributed by atoms with Crippen molar-refractivity contribution in [2.24, 2.45) is 5.92 Å². The van der Waals surface area contributed by atoms with Gasteiger partial charge in [-0.05, 0) is 37.5 Å². The number of likely N-dealkylation sites (N-methyl/N-ethyl adjacent to an activating group) is 1. The Balaban J connectivity index is 1.36. The lowest BCUT2D eigenvalue weighted by Crippen LogP contribution is -2.38. The maximum Gasteiger partial charge on any atom is 0.229 e. The van der Waals surface area contributed by atoms with Gasteiger partial charge in [0.1, 0.15) is 12.7 Å². The highest BCUT2D eigenvalue weighted by atomic mass is 16.5. The Hall–Kier alpha value is -3.60. The normalized spacial score (nSPS) is 18.0. The molecular weight excluding hydrogens is 390 g/mol. The van der Waals surface area contributed by atoms with Gasteiger partial charge in [0.2, 0.25) is 5.95 Å². The summed E-state index contributed by atoms with van der Waals surface area (Å²) in [5.74, 6) is 2.66. The van der Waals surface area contributed by atoms with Crippen molar-refractivity contribution in [3.8, 4) is 17.5 Å². The van der Waals surface area contributed by atoms with E-state index in [1.807, 2.05) is 36.0 Å². The van der Waals surface area contributed by atoms with E-state index >= 15 is 0 Å². The lowest BCUT2D eigenvalue weighted by Gasteiger charge is -2.32. The molecule has 1 unspecified atom stereocenters. The topological polar surface area (TPSA) is 91.9 Å². The molecule has 0 saturated heterocycles. The van der Waals surface area contributed by atoms with Crippen LogP contribution in [0.25, 0.3) is 5.69 Å². The number of hydrogen-bond donors (Lipinski definition) is 1. The molecule has 5 rings (SSSR count). The molecule has 3 aromatic rings. The average Bonchev–Trinajstić information content (AvgIpc) is 3.22. The summed E-state index contributed by atoms with van der Waals surface area (Å²) in [7, 11) is 2.00. The molecule has 158 valence electrons. The molecule has 1 aromatic carbocycles. The van der Waals surface area contributed by atoms with Gasteiger partial charge >= 0.3 is 0 Å². The number of benzene rings is 1. The van der Waals surface area contributed by atoms with E-state index in [-0.39, 0.29) is 6.04 Å². The van der Waals surface area contributed by atoms with Crippen LogP contribution in [-0.4, -0.2) is 39.2 Å². The molecule has 0 amide bonds. The Morgan fingerprint density at radius 3 is 2.94 bits per heavy atom. The molecule has 1 saturated carbocycles. The highest BCUT2D eigenvalue weighted by Gasteiger charge is 2.23. The molecule has 0 radical (unpaired) electrons. The molecule has 1 aliphatic carbocycles. The zero-order chi connectivity index (χ0) is 21.4. The molecule has 0 spiro atoms. The summed E-state index contributed by atoms with van der Waals surface area (Å²) in [6.45, 7) is 2.70. The summed E-state index contributed by atoms with van der Waals surface area (Å²) in [6.07, 6.45) is 10.4. The zero-order valence-corrected chi connectivity index (χ0v) is 17.7. The molecule has 1 atom stereocenters. The summed E-state index contributed by atoms with van der Waals surface area (Å²) in [4.78, 5) is 15.6. The minimum atomic E-state index is 0.240. The van der Waals surface area contributed by atoms with Crippen LogP contribution >= 0.6 is 0 Å². The summed E-state index contributed by atoms with van der Waals surface area (Å²) in [6, 6.07) is 8.20. The molecule has 1 aliphatic heterocycles. The molecule has 8 heteroatoms. The Morgan fingerprint density at radius 1 is 1.29 bits per heavy atom. The number of nitrogens with one attached hydrogen (secondary N) is 1. The van der Waals surface area contributed by atoms with E-state index in [0.29, 0.717) is 23.9 Å². The highest BCUT2D eigenvalue weighted by Crippen LogP contribution is 2.32. The van der Waals surface area contributed by atoms with Gasteiger partial charge in [0.15, 0.2) is 11.6 Å². The fraction of sp³-hybridized carbons (Fsp3) is 0.391. The molecule has 3 heterocycles. The third-order valence-corrected chi connectivity index (χ3v) is 6.22. The number of rotatable bonds is 5. The maximum atomic E-state index is 9.73. The molecule has 8 nitrogen and oxygen atoms in total. The van der Waals surface area contributed by atoms with E-state index in [1.165, 1.54) is 19.3 Å².